The van der Waals surface area contributed by atoms with E-state index in [2.05, 4.69) is 36.8 Å². The number of anilines is 2. The van der Waals surface area contributed by atoms with E-state index in [4.69, 9.17) is 4.74 Å². The number of pyridine rings is 1. The molecule has 2 aromatic heterocycles. The van der Waals surface area contributed by atoms with Crippen LogP contribution >= 0.6 is 0 Å². The van der Waals surface area contributed by atoms with Gasteiger partial charge in [-0.05, 0) is 29.2 Å². The lowest BCUT2D eigenvalue weighted by atomic mass is 10.0. The van der Waals surface area contributed by atoms with Gasteiger partial charge in [0.15, 0.2) is 11.5 Å². The Bertz CT molecular complexity index is 772. The molecule has 8 heteroatoms. The minimum Gasteiger partial charge on any atom is -0.379 e. The highest BCUT2D eigenvalue weighted by molar-refractivity contribution is 5.93. The summed E-state index contributed by atoms with van der Waals surface area (Å²) in [7, 11) is 1.59. The van der Waals surface area contributed by atoms with E-state index in [-0.39, 0.29) is 11.8 Å². The molecule has 0 aliphatic carbocycles. The first-order valence-electron chi connectivity index (χ1n) is 9.18. The number of aromatic nitrogens is 3. The van der Waals surface area contributed by atoms with E-state index in [1.54, 1.807) is 7.05 Å². The summed E-state index contributed by atoms with van der Waals surface area (Å²) in [4.78, 5) is 18.8. The second-order valence-corrected chi connectivity index (χ2v) is 6.83. The Balaban J connectivity index is 1.69. The molecule has 1 saturated heterocycles. The van der Waals surface area contributed by atoms with Gasteiger partial charge in [0, 0.05) is 32.9 Å². The number of hydrogen-bond donors (Lipinski definition) is 2. The van der Waals surface area contributed by atoms with Crippen molar-refractivity contribution in [3.63, 3.8) is 0 Å². The molecular formula is C19H26N6O2. The van der Waals surface area contributed by atoms with E-state index in [1.165, 1.54) is 0 Å². The van der Waals surface area contributed by atoms with Gasteiger partial charge < -0.3 is 15.4 Å². The van der Waals surface area contributed by atoms with Crippen molar-refractivity contribution in [1.29, 1.82) is 0 Å². The number of hydrogen-bond acceptors (Lipinski definition) is 7. The maximum Gasteiger partial charge on any atom is 0.271 e. The van der Waals surface area contributed by atoms with Gasteiger partial charge >= 0.3 is 0 Å². The van der Waals surface area contributed by atoms with Crippen molar-refractivity contribution in [2.45, 2.75) is 26.3 Å². The van der Waals surface area contributed by atoms with Crippen LogP contribution in [0.3, 0.4) is 0 Å². The smallest absolute Gasteiger partial charge is 0.271 e. The Kier molecular flexibility index (Phi) is 6.31. The molecule has 8 nitrogen and oxygen atoms in total. The van der Waals surface area contributed by atoms with Gasteiger partial charge in [0.1, 0.15) is 5.82 Å². The first-order chi connectivity index (χ1) is 13.1. The van der Waals surface area contributed by atoms with Gasteiger partial charge in [-0.2, -0.15) is 0 Å². The van der Waals surface area contributed by atoms with E-state index in [0.29, 0.717) is 17.3 Å². The normalized spacial score (nSPS) is 15.0. The highest BCUT2D eigenvalue weighted by atomic mass is 16.5. The maximum absolute atomic E-state index is 12.0. The number of ether oxygens (including phenoxy) is 1. The van der Waals surface area contributed by atoms with Crippen LogP contribution in [0, 0.1) is 0 Å². The Morgan fingerprint density at radius 3 is 2.63 bits per heavy atom. The number of amides is 1. The largest absolute Gasteiger partial charge is 0.379 e. The van der Waals surface area contributed by atoms with Gasteiger partial charge in [0.05, 0.1) is 13.2 Å². The summed E-state index contributed by atoms with van der Waals surface area (Å²) in [6.45, 7) is 8.38. The van der Waals surface area contributed by atoms with Crippen LogP contribution in [0.2, 0.25) is 0 Å². The molecule has 0 aromatic carbocycles. The van der Waals surface area contributed by atoms with Crippen LogP contribution in [-0.4, -0.2) is 59.3 Å². The standard InChI is InChI=1S/C19H26N6O2/c1-13(2)15-10-17(23-24-18(15)19(26)20-3)22-16-5-4-14(11-21-16)12-25-6-8-27-9-7-25/h4-5,10-11,13H,6-9,12H2,1-3H3,(H,20,26)(H,21,22,23). The summed E-state index contributed by atoms with van der Waals surface area (Å²) in [5.74, 6) is 1.18. The first kappa shape index (κ1) is 19.2. The number of morpholine rings is 1. The van der Waals surface area contributed by atoms with Crippen LogP contribution in [0.4, 0.5) is 11.6 Å². The summed E-state index contributed by atoms with van der Waals surface area (Å²) in [5.41, 5.74) is 2.36. The van der Waals surface area contributed by atoms with Crippen molar-refractivity contribution in [2.75, 3.05) is 38.7 Å². The van der Waals surface area contributed by atoms with Gasteiger partial charge in [-0.15, -0.1) is 10.2 Å². The Labute approximate surface area is 159 Å². The monoisotopic (exact) mass is 370 g/mol. The van der Waals surface area contributed by atoms with E-state index in [1.807, 2.05) is 32.2 Å². The fourth-order valence-corrected chi connectivity index (χ4v) is 2.94. The van der Waals surface area contributed by atoms with E-state index >= 15 is 0 Å². The molecule has 1 aliphatic heterocycles. The lowest BCUT2D eigenvalue weighted by molar-refractivity contribution is 0.0341. The third-order valence-electron chi connectivity index (χ3n) is 4.48. The zero-order chi connectivity index (χ0) is 19.2. The molecule has 0 unspecified atom stereocenters. The Morgan fingerprint density at radius 2 is 2.00 bits per heavy atom. The molecule has 1 amide bonds. The fraction of sp³-hybridized carbons (Fsp3) is 0.474. The summed E-state index contributed by atoms with van der Waals surface area (Å²) < 4.78 is 5.37. The van der Waals surface area contributed by atoms with Crippen LogP contribution in [0.5, 0.6) is 0 Å². The molecular weight excluding hydrogens is 344 g/mol. The summed E-state index contributed by atoms with van der Waals surface area (Å²) in [6.07, 6.45) is 1.87. The molecule has 0 saturated carbocycles. The van der Waals surface area contributed by atoms with E-state index in [9.17, 15) is 4.79 Å². The van der Waals surface area contributed by atoms with Gasteiger partial charge in [-0.3, -0.25) is 9.69 Å². The lowest BCUT2D eigenvalue weighted by Gasteiger charge is -2.26. The molecule has 1 aliphatic rings. The second-order valence-electron chi connectivity index (χ2n) is 6.83. The number of carbonyl (C=O) groups excluding carboxylic acids is 1. The lowest BCUT2D eigenvalue weighted by Crippen LogP contribution is -2.35. The number of nitrogens with zero attached hydrogens (tertiary/aromatic N) is 4. The molecule has 0 bridgehead atoms. The highest BCUT2D eigenvalue weighted by Crippen LogP contribution is 2.22. The molecule has 3 heterocycles. The molecule has 2 aromatic rings. The van der Waals surface area contributed by atoms with Crippen molar-refractivity contribution in [1.82, 2.24) is 25.4 Å². The van der Waals surface area contributed by atoms with E-state index in [0.717, 1.165) is 44.0 Å². The number of nitrogens with one attached hydrogen (secondary N) is 2. The van der Waals surface area contributed by atoms with Gasteiger partial charge in [0.25, 0.3) is 5.91 Å². The van der Waals surface area contributed by atoms with Crippen LogP contribution in [-0.2, 0) is 11.3 Å². The number of carbonyl (C=O) groups is 1. The van der Waals surface area contributed by atoms with E-state index < -0.39 is 0 Å². The van der Waals surface area contributed by atoms with Gasteiger partial charge in [-0.25, -0.2) is 4.98 Å². The van der Waals surface area contributed by atoms with Crippen LogP contribution < -0.4 is 10.6 Å². The highest BCUT2D eigenvalue weighted by Gasteiger charge is 2.17. The quantitative estimate of drug-likeness (QED) is 0.803. The van der Waals surface area contributed by atoms with Crippen molar-refractivity contribution >= 4 is 17.5 Å². The predicted octanol–water partition coefficient (Wildman–Crippen LogP) is 1.93. The molecule has 144 valence electrons. The van der Waals surface area contributed by atoms with Gasteiger partial charge in [-0.1, -0.05) is 19.9 Å². The van der Waals surface area contributed by atoms with Crippen LogP contribution in [0.1, 0.15) is 41.4 Å². The molecule has 27 heavy (non-hydrogen) atoms. The minimum absolute atomic E-state index is 0.150. The summed E-state index contributed by atoms with van der Waals surface area (Å²) >= 11 is 0. The molecule has 0 radical (unpaired) electrons. The average molecular weight is 370 g/mol. The zero-order valence-electron chi connectivity index (χ0n) is 16.0. The molecule has 0 spiro atoms. The predicted molar refractivity (Wildman–Crippen MR) is 103 cm³/mol. The van der Waals surface area contributed by atoms with Crippen molar-refractivity contribution < 1.29 is 9.53 Å². The third-order valence-corrected chi connectivity index (χ3v) is 4.48. The molecule has 1 fully saturated rings. The summed E-state index contributed by atoms with van der Waals surface area (Å²) in [6, 6.07) is 5.84. The third kappa shape index (κ3) is 4.99. The average Bonchev–Trinajstić information content (AvgIpc) is 2.69. The minimum atomic E-state index is -0.233. The topological polar surface area (TPSA) is 92.3 Å². The molecule has 3 rings (SSSR count). The zero-order valence-corrected chi connectivity index (χ0v) is 16.0. The van der Waals surface area contributed by atoms with Crippen molar-refractivity contribution in [2.24, 2.45) is 0 Å². The second kappa shape index (κ2) is 8.88. The van der Waals surface area contributed by atoms with Crippen molar-refractivity contribution in [3.8, 4) is 0 Å². The van der Waals surface area contributed by atoms with Crippen LogP contribution in [0.15, 0.2) is 24.4 Å². The van der Waals surface area contributed by atoms with Crippen molar-refractivity contribution in [3.05, 3.63) is 41.2 Å². The first-order valence-corrected chi connectivity index (χ1v) is 9.18. The molecule has 2 N–H and O–H groups in total. The number of rotatable bonds is 6. The summed E-state index contributed by atoms with van der Waals surface area (Å²) in [5, 5.41) is 14.0. The Hall–Kier alpha value is -2.58. The van der Waals surface area contributed by atoms with Crippen LogP contribution in [0.25, 0.3) is 0 Å². The molecule has 0 atom stereocenters. The SMILES string of the molecule is CNC(=O)c1nnc(Nc2ccc(CN3CCOCC3)cn2)cc1C(C)C. The fourth-order valence-electron chi connectivity index (χ4n) is 2.94. The van der Waals surface area contributed by atoms with Gasteiger partial charge in [0.2, 0.25) is 0 Å². The Morgan fingerprint density at radius 1 is 1.22 bits per heavy atom. The maximum atomic E-state index is 12.0.